The highest BCUT2D eigenvalue weighted by atomic mass is 16.7. The van der Waals surface area contributed by atoms with Crippen molar-refractivity contribution in [1.82, 2.24) is 10.8 Å². The summed E-state index contributed by atoms with van der Waals surface area (Å²) >= 11 is 0. The van der Waals surface area contributed by atoms with Gasteiger partial charge in [0.1, 0.15) is 6.54 Å². The van der Waals surface area contributed by atoms with E-state index in [1.807, 2.05) is 0 Å². The first-order valence-corrected chi connectivity index (χ1v) is 3.50. The zero-order chi connectivity index (χ0) is 11.0. The minimum Gasteiger partial charge on any atom is -0.479 e. The molecular weight excluding hydrogens is 196 g/mol. The van der Waals surface area contributed by atoms with Crippen molar-refractivity contribution in [2.45, 2.75) is 0 Å². The number of aliphatic carboxylic acids is 1. The molecule has 0 unspecified atom stereocenters. The molecule has 0 fully saturated rings. The lowest BCUT2D eigenvalue weighted by molar-refractivity contribution is -0.144. The third-order valence-corrected chi connectivity index (χ3v) is 0.981. The van der Waals surface area contributed by atoms with Crippen LogP contribution >= 0.6 is 0 Å². The van der Waals surface area contributed by atoms with E-state index in [-0.39, 0.29) is 6.54 Å². The number of rotatable bonds is 5. The van der Waals surface area contributed by atoms with E-state index >= 15 is 0 Å². The molecule has 0 aromatic rings. The number of carboxylic acid groups (broad SMARTS) is 1. The molecule has 8 heteroatoms. The van der Waals surface area contributed by atoms with Crippen molar-refractivity contribution in [3.05, 3.63) is 0 Å². The Morgan fingerprint density at radius 1 is 1.36 bits per heavy atom. The van der Waals surface area contributed by atoms with E-state index in [1.54, 1.807) is 5.48 Å². The second-order valence-corrected chi connectivity index (χ2v) is 2.04. The monoisotopic (exact) mass is 206 g/mol. The third-order valence-electron chi connectivity index (χ3n) is 0.981. The van der Waals surface area contributed by atoms with Crippen molar-refractivity contribution in [2.24, 2.45) is 0 Å². The zero-order valence-corrected chi connectivity index (χ0v) is 7.40. The van der Waals surface area contributed by atoms with Crippen molar-refractivity contribution in [3.63, 3.8) is 0 Å². The maximum Gasteiger partial charge on any atom is 0.339 e. The lowest BCUT2D eigenvalue weighted by Crippen LogP contribution is -2.39. The molecule has 0 aromatic heterocycles. The van der Waals surface area contributed by atoms with E-state index in [9.17, 15) is 14.4 Å². The van der Waals surface area contributed by atoms with Gasteiger partial charge in [-0.15, -0.1) is 0 Å². The summed E-state index contributed by atoms with van der Waals surface area (Å²) in [6.45, 7) is -0.982. The van der Waals surface area contributed by atoms with Gasteiger partial charge in [-0.05, 0) is 0 Å². The molecule has 3 N–H and O–H groups in total. The molecule has 0 rings (SSSR count). The van der Waals surface area contributed by atoms with Gasteiger partial charge < -0.3 is 15.2 Å². The number of nitrogens with one attached hydrogen (secondary N) is 2. The van der Waals surface area contributed by atoms with Gasteiger partial charge in [0.15, 0.2) is 6.61 Å². The average Bonchev–Trinajstić information content (AvgIpc) is 2.13. The highest BCUT2D eigenvalue weighted by Crippen LogP contribution is 1.72. The van der Waals surface area contributed by atoms with E-state index in [4.69, 9.17) is 5.11 Å². The molecular formula is C6H10N2O6. The van der Waals surface area contributed by atoms with Crippen LogP contribution in [0.25, 0.3) is 0 Å². The Balaban J connectivity index is 3.46. The molecule has 0 bridgehead atoms. The molecule has 0 saturated carbocycles. The van der Waals surface area contributed by atoms with Crippen LogP contribution in [0.5, 0.6) is 0 Å². The maximum atomic E-state index is 10.7. The number of ether oxygens (including phenoxy) is 1. The van der Waals surface area contributed by atoms with Crippen molar-refractivity contribution in [1.29, 1.82) is 0 Å². The average molecular weight is 206 g/mol. The van der Waals surface area contributed by atoms with E-state index in [0.717, 1.165) is 0 Å². The number of carboxylic acids is 1. The van der Waals surface area contributed by atoms with Crippen molar-refractivity contribution in [2.75, 3.05) is 20.3 Å². The normalized spacial score (nSPS) is 8.93. The molecule has 14 heavy (non-hydrogen) atoms. The highest BCUT2D eigenvalue weighted by Gasteiger charge is 2.05. The van der Waals surface area contributed by atoms with Crippen LogP contribution in [0.2, 0.25) is 0 Å². The largest absolute Gasteiger partial charge is 0.479 e. The molecule has 0 aliphatic rings. The summed E-state index contributed by atoms with van der Waals surface area (Å²) in [5.41, 5.74) is 1.75. The smallest absolute Gasteiger partial charge is 0.339 e. The van der Waals surface area contributed by atoms with Crippen LogP contribution in [-0.2, 0) is 19.2 Å². The molecule has 0 saturated heterocycles. The number of urea groups is 1. The number of carbonyl (C=O) groups is 3. The summed E-state index contributed by atoms with van der Waals surface area (Å²) in [7, 11) is 1.17. The van der Waals surface area contributed by atoms with Crippen LogP contribution in [0.1, 0.15) is 0 Å². The molecule has 0 aliphatic heterocycles. The van der Waals surface area contributed by atoms with Gasteiger partial charge in [0.25, 0.3) is 0 Å². The minimum atomic E-state index is -1.22. The fourth-order valence-electron chi connectivity index (χ4n) is 0.424. The molecule has 0 radical (unpaired) electrons. The van der Waals surface area contributed by atoms with Crippen LogP contribution in [-0.4, -0.2) is 43.3 Å². The standard InChI is InChI=1S/C6H10N2O6/c1-13-5(11)2-7-6(12)8-14-3-4(9)10/h2-3H2,1H3,(H,9,10)(H2,7,8,12). The van der Waals surface area contributed by atoms with Crippen LogP contribution in [0, 0.1) is 0 Å². The molecule has 0 spiro atoms. The maximum absolute atomic E-state index is 10.7. The molecule has 0 heterocycles. The Morgan fingerprint density at radius 3 is 2.50 bits per heavy atom. The number of hydrogen-bond acceptors (Lipinski definition) is 5. The summed E-state index contributed by atoms with van der Waals surface area (Å²) in [6.07, 6.45) is 0. The van der Waals surface area contributed by atoms with Crippen molar-refractivity contribution >= 4 is 18.0 Å². The quantitative estimate of drug-likeness (QED) is 0.371. The van der Waals surface area contributed by atoms with Crippen molar-refractivity contribution in [3.8, 4) is 0 Å². The van der Waals surface area contributed by atoms with Gasteiger partial charge in [-0.1, -0.05) is 0 Å². The van der Waals surface area contributed by atoms with Gasteiger partial charge >= 0.3 is 18.0 Å². The summed E-state index contributed by atoms with van der Waals surface area (Å²) in [6, 6.07) is -0.823. The van der Waals surface area contributed by atoms with Gasteiger partial charge in [0.05, 0.1) is 7.11 Å². The molecule has 8 nitrogen and oxygen atoms in total. The van der Waals surface area contributed by atoms with E-state index in [0.29, 0.717) is 0 Å². The van der Waals surface area contributed by atoms with Gasteiger partial charge in [0.2, 0.25) is 0 Å². The van der Waals surface area contributed by atoms with E-state index in [2.05, 4.69) is 14.9 Å². The predicted octanol–water partition coefficient (Wildman–Crippen LogP) is -1.53. The van der Waals surface area contributed by atoms with Gasteiger partial charge in [0, 0.05) is 0 Å². The van der Waals surface area contributed by atoms with E-state index < -0.39 is 24.6 Å². The molecule has 80 valence electrons. The number of amides is 2. The second kappa shape index (κ2) is 6.66. The van der Waals surface area contributed by atoms with Crippen LogP contribution < -0.4 is 10.8 Å². The molecule has 0 aromatic carbocycles. The van der Waals surface area contributed by atoms with Crippen LogP contribution in [0.4, 0.5) is 4.79 Å². The number of carbonyl (C=O) groups excluding carboxylic acids is 2. The number of hydroxylamine groups is 1. The third kappa shape index (κ3) is 6.85. The first kappa shape index (κ1) is 12.2. The molecule has 0 atom stereocenters. The van der Waals surface area contributed by atoms with Crippen LogP contribution in [0.15, 0.2) is 0 Å². The Labute approximate surface area is 79.1 Å². The van der Waals surface area contributed by atoms with Gasteiger partial charge in [-0.2, -0.15) is 0 Å². The predicted molar refractivity (Wildman–Crippen MR) is 42.1 cm³/mol. The van der Waals surface area contributed by atoms with Crippen LogP contribution in [0.3, 0.4) is 0 Å². The number of methoxy groups -OCH3 is 1. The van der Waals surface area contributed by atoms with Gasteiger partial charge in [-0.3, -0.25) is 9.63 Å². The Hall–Kier alpha value is -1.83. The second-order valence-electron chi connectivity index (χ2n) is 2.04. The number of hydrogen-bond donors (Lipinski definition) is 3. The highest BCUT2D eigenvalue weighted by molar-refractivity contribution is 5.80. The van der Waals surface area contributed by atoms with Gasteiger partial charge in [-0.25, -0.2) is 15.1 Å². The summed E-state index contributed by atoms with van der Waals surface area (Å²) in [5, 5.41) is 10.2. The summed E-state index contributed by atoms with van der Waals surface area (Å²) < 4.78 is 4.23. The molecule has 0 aliphatic carbocycles. The van der Waals surface area contributed by atoms with Crippen molar-refractivity contribution < 1.29 is 29.1 Å². The fraction of sp³-hybridized carbons (Fsp3) is 0.500. The first-order valence-electron chi connectivity index (χ1n) is 3.50. The summed E-state index contributed by atoms with van der Waals surface area (Å²) in [5.74, 6) is -1.85. The topological polar surface area (TPSA) is 114 Å². The molecule has 2 amide bonds. The number of esters is 1. The zero-order valence-electron chi connectivity index (χ0n) is 7.40. The summed E-state index contributed by atoms with van der Waals surface area (Å²) in [4.78, 5) is 35.3. The lowest BCUT2D eigenvalue weighted by atomic mass is 10.6. The lowest BCUT2D eigenvalue weighted by Gasteiger charge is -2.04. The minimum absolute atomic E-state index is 0.321. The SMILES string of the molecule is COC(=O)CNC(=O)NOCC(=O)O. The Morgan fingerprint density at radius 2 is 2.00 bits per heavy atom. The van der Waals surface area contributed by atoms with E-state index in [1.165, 1.54) is 7.11 Å². The fourth-order valence-corrected chi connectivity index (χ4v) is 0.424. The Kier molecular flexibility index (Phi) is 5.79. The Bertz CT molecular complexity index is 228. The first-order chi connectivity index (χ1) is 6.56.